The second-order valence-electron chi connectivity index (χ2n) is 5.78. The van der Waals surface area contributed by atoms with Gasteiger partial charge in [-0.2, -0.15) is 5.10 Å². The second-order valence-corrected chi connectivity index (χ2v) is 6.75. The molecule has 1 aromatic heterocycles. The lowest BCUT2D eigenvalue weighted by molar-refractivity contribution is 0.0929. The van der Waals surface area contributed by atoms with Crippen molar-refractivity contribution in [1.29, 1.82) is 0 Å². The quantitative estimate of drug-likeness (QED) is 0.644. The molecule has 0 bridgehead atoms. The first-order valence-corrected chi connectivity index (χ1v) is 8.83. The number of hydrogen-bond donors (Lipinski definition) is 3. The predicted molar refractivity (Wildman–Crippen MR) is 105 cm³/mol. The minimum atomic E-state index is -0.00946. The molecule has 4 N–H and O–H groups in total. The Labute approximate surface area is 163 Å². The summed E-state index contributed by atoms with van der Waals surface area (Å²) < 4.78 is 0. The van der Waals surface area contributed by atoms with Crippen LogP contribution in [0, 0.1) is 5.92 Å². The summed E-state index contributed by atoms with van der Waals surface area (Å²) in [6.07, 6.45) is 4.77. The molecular weight excluding hydrogens is 381 g/mol. The first-order chi connectivity index (χ1) is 11.3. The van der Waals surface area contributed by atoms with Gasteiger partial charge in [-0.05, 0) is 43.0 Å². The molecule has 2 unspecified atom stereocenters. The SMILES string of the molecule is Cl.Cl.NCC1CCCC1NC(=O)c1ccc(CSc2ncn[nH]2)cc1. The van der Waals surface area contributed by atoms with E-state index in [2.05, 4.69) is 20.5 Å². The van der Waals surface area contributed by atoms with Gasteiger partial charge in [-0.3, -0.25) is 9.89 Å². The number of nitrogens with one attached hydrogen (secondary N) is 2. The van der Waals surface area contributed by atoms with Gasteiger partial charge in [0.05, 0.1) is 0 Å². The number of halogens is 2. The fraction of sp³-hybridized carbons (Fsp3) is 0.438. The zero-order chi connectivity index (χ0) is 16.1. The van der Waals surface area contributed by atoms with E-state index in [9.17, 15) is 4.79 Å². The highest BCUT2D eigenvalue weighted by molar-refractivity contribution is 7.98. The van der Waals surface area contributed by atoms with Crippen molar-refractivity contribution in [2.45, 2.75) is 36.2 Å². The third kappa shape index (κ3) is 5.88. The van der Waals surface area contributed by atoms with Gasteiger partial charge in [0.25, 0.3) is 5.91 Å². The van der Waals surface area contributed by atoms with Gasteiger partial charge < -0.3 is 11.1 Å². The van der Waals surface area contributed by atoms with Crippen molar-refractivity contribution in [3.8, 4) is 0 Å². The van der Waals surface area contributed by atoms with E-state index in [1.54, 1.807) is 11.8 Å². The molecule has 25 heavy (non-hydrogen) atoms. The molecule has 0 spiro atoms. The van der Waals surface area contributed by atoms with E-state index in [0.29, 0.717) is 18.0 Å². The van der Waals surface area contributed by atoms with Gasteiger partial charge in [-0.25, -0.2) is 4.98 Å². The van der Waals surface area contributed by atoms with Crippen LogP contribution >= 0.6 is 36.6 Å². The Bertz CT molecular complexity index is 638. The van der Waals surface area contributed by atoms with Gasteiger partial charge >= 0.3 is 0 Å². The van der Waals surface area contributed by atoms with Crippen LogP contribution in [-0.4, -0.2) is 33.7 Å². The average molecular weight is 404 g/mol. The molecule has 138 valence electrons. The summed E-state index contributed by atoms with van der Waals surface area (Å²) in [6.45, 7) is 0.642. The van der Waals surface area contributed by atoms with Gasteiger partial charge in [-0.15, -0.1) is 24.8 Å². The Morgan fingerprint density at radius 3 is 2.68 bits per heavy atom. The Morgan fingerprint density at radius 2 is 2.04 bits per heavy atom. The number of nitrogens with two attached hydrogens (primary N) is 1. The van der Waals surface area contributed by atoms with Crippen molar-refractivity contribution in [2.75, 3.05) is 6.54 Å². The third-order valence-electron chi connectivity index (χ3n) is 4.26. The number of rotatable bonds is 6. The lowest BCUT2D eigenvalue weighted by atomic mass is 10.0. The summed E-state index contributed by atoms with van der Waals surface area (Å²) in [5.74, 6) is 1.19. The summed E-state index contributed by atoms with van der Waals surface area (Å²) in [5.41, 5.74) is 7.60. The number of amides is 1. The fourth-order valence-electron chi connectivity index (χ4n) is 2.93. The maximum Gasteiger partial charge on any atom is 0.251 e. The molecule has 2 atom stereocenters. The van der Waals surface area contributed by atoms with Gasteiger partial charge in [-0.1, -0.05) is 30.3 Å². The molecule has 2 aromatic rings. The van der Waals surface area contributed by atoms with E-state index >= 15 is 0 Å². The average Bonchev–Trinajstić information content (AvgIpc) is 3.24. The lowest BCUT2D eigenvalue weighted by Crippen LogP contribution is -2.39. The molecule has 1 amide bonds. The van der Waals surface area contributed by atoms with E-state index in [-0.39, 0.29) is 36.8 Å². The standard InChI is InChI=1S/C16H21N5OS.2ClH/c17-8-13-2-1-3-14(13)20-15(22)12-6-4-11(5-7-12)9-23-16-18-10-19-21-16;;/h4-7,10,13-14H,1-3,8-9,17H2,(H,20,22)(H,18,19,21);2*1H. The lowest BCUT2D eigenvalue weighted by Gasteiger charge is -2.19. The van der Waals surface area contributed by atoms with Crippen LogP contribution in [-0.2, 0) is 5.75 Å². The molecule has 6 nitrogen and oxygen atoms in total. The van der Waals surface area contributed by atoms with Crippen LogP contribution in [0.25, 0.3) is 0 Å². The number of nitrogens with zero attached hydrogens (tertiary/aromatic N) is 2. The van der Waals surface area contributed by atoms with Crippen molar-refractivity contribution in [2.24, 2.45) is 11.7 Å². The van der Waals surface area contributed by atoms with E-state index in [0.717, 1.165) is 35.7 Å². The van der Waals surface area contributed by atoms with Crippen molar-refractivity contribution in [1.82, 2.24) is 20.5 Å². The van der Waals surface area contributed by atoms with Crippen molar-refractivity contribution >= 4 is 42.5 Å². The van der Waals surface area contributed by atoms with E-state index in [1.807, 2.05) is 24.3 Å². The first kappa shape index (κ1) is 21.8. The van der Waals surface area contributed by atoms with Crippen molar-refractivity contribution < 1.29 is 4.79 Å². The smallest absolute Gasteiger partial charge is 0.251 e. The Kier molecular flexibility index (Phi) is 9.27. The highest BCUT2D eigenvalue weighted by Gasteiger charge is 2.27. The largest absolute Gasteiger partial charge is 0.349 e. The van der Waals surface area contributed by atoms with Gasteiger partial charge in [0.1, 0.15) is 6.33 Å². The van der Waals surface area contributed by atoms with E-state index in [1.165, 1.54) is 6.33 Å². The zero-order valence-corrected chi connectivity index (χ0v) is 16.1. The number of thioether (sulfide) groups is 1. The summed E-state index contributed by atoms with van der Waals surface area (Å²) in [7, 11) is 0. The van der Waals surface area contributed by atoms with Crippen molar-refractivity contribution in [3.63, 3.8) is 0 Å². The highest BCUT2D eigenvalue weighted by Crippen LogP contribution is 2.25. The van der Waals surface area contributed by atoms with E-state index < -0.39 is 0 Å². The maximum absolute atomic E-state index is 12.3. The summed E-state index contributed by atoms with van der Waals surface area (Å²) in [6, 6.07) is 7.92. The number of benzene rings is 1. The van der Waals surface area contributed by atoms with Crippen LogP contribution in [0.1, 0.15) is 35.2 Å². The predicted octanol–water partition coefficient (Wildman–Crippen LogP) is 2.80. The van der Waals surface area contributed by atoms with Crippen LogP contribution in [0.3, 0.4) is 0 Å². The second kappa shape index (κ2) is 10.7. The molecule has 1 aliphatic rings. The normalized spacial score (nSPS) is 18.9. The number of aromatic nitrogens is 3. The van der Waals surface area contributed by atoms with Crippen LogP contribution in [0.5, 0.6) is 0 Å². The molecule has 0 radical (unpaired) electrons. The van der Waals surface area contributed by atoms with Crippen LogP contribution in [0.2, 0.25) is 0 Å². The van der Waals surface area contributed by atoms with Crippen LogP contribution in [0.15, 0.2) is 35.7 Å². The number of hydrogen-bond acceptors (Lipinski definition) is 5. The van der Waals surface area contributed by atoms with Crippen LogP contribution in [0.4, 0.5) is 0 Å². The topological polar surface area (TPSA) is 96.7 Å². The Balaban J connectivity index is 0.00000156. The highest BCUT2D eigenvalue weighted by atomic mass is 35.5. The van der Waals surface area contributed by atoms with Gasteiger partial charge in [0, 0.05) is 17.4 Å². The molecule has 1 fully saturated rings. The van der Waals surface area contributed by atoms with Crippen LogP contribution < -0.4 is 11.1 Å². The Hall–Kier alpha value is -1.28. The summed E-state index contributed by atoms with van der Waals surface area (Å²) in [4.78, 5) is 16.4. The fourth-order valence-corrected chi connectivity index (χ4v) is 3.66. The molecule has 1 heterocycles. The molecule has 3 rings (SSSR count). The molecule has 1 aliphatic carbocycles. The third-order valence-corrected chi connectivity index (χ3v) is 5.21. The van der Waals surface area contributed by atoms with Crippen molar-refractivity contribution in [3.05, 3.63) is 41.7 Å². The van der Waals surface area contributed by atoms with E-state index in [4.69, 9.17) is 5.73 Å². The first-order valence-electron chi connectivity index (χ1n) is 7.84. The minimum absolute atomic E-state index is 0. The molecule has 0 saturated heterocycles. The number of carbonyl (C=O) groups is 1. The summed E-state index contributed by atoms with van der Waals surface area (Å²) in [5, 5.41) is 10.5. The molecular formula is C16H23Cl2N5OS. The number of H-pyrrole nitrogens is 1. The molecule has 9 heteroatoms. The molecule has 1 saturated carbocycles. The Morgan fingerprint density at radius 1 is 1.28 bits per heavy atom. The minimum Gasteiger partial charge on any atom is -0.349 e. The number of carbonyl (C=O) groups excluding carboxylic acids is 1. The summed E-state index contributed by atoms with van der Waals surface area (Å²) >= 11 is 1.58. The monoisotopic (exact) mass is 403 g/mol. The molecule has 1 aromatic carbocycles. The van der Waals surface area contributed by atoms with Gasteiger partial charge in [0.15, 0.2) is 5.16 Å². The van der Waals surface area contributed by atoms with Gasteiger partial charge in [0.2, 0.25) is 0 Å². The maximum atomic E-state index is 12.3. The molecule has 0 aliphatic heterocycles. The zero-order valence-electron chi connectivity index (χ0n) is 13.7. The number of aromatic amines is 1.